The summed E-state index contributed by atoms with van der Waals surface area (Å²) in [6, 6.07) is 9.90. The minimum atomic E-state index is -4.67. The summed E-state index contributed by atoms with van der Waals surface area (Å²) in [4.78, 5) is 13.4. The highest BCUT2D eigenvalue weighted by molar-refractivity contribution is 9.10. The lowest BCUT2D eigenvalue weighted by Gasteiger charge is -2.20. The summed E-state index contributed by atoms with van der Waals surface area (Å²) in [5.41, 5.74) is 1.76. The smallest absolute Gasteiger partial charge is 0.311 e. The number of hydrogen-bond donors (Lipinski definition) is 0. The molecule has 0 aliphatic heterocycles. The zero-order valence-corrected chi connectivity index (χ0v) is 15.2. The van der Waals surface area contributed by atoms with Crippen molar-refractivity contribution in [1.82, 2.24) is 0 Å². The number of anilines is 1. The van der Waals surface area contributed by atoms with Crippen LogP contribution in [0.5, 0.6) is 0 Å². The van der Waals surface area contributed by atoms with E-state index in [1.165, 1.54) is 17.0 Å². The van der Waals surface area contributed by atoms with Gasteiger partial charge < -0.3 is 4.90 Å². The molecule has 0 unspecified atom stereocenters. The Bertz CT molecular complexity index is 867. The highest BCUT2D eigenvalue weighted by Crippen LogP contribution is 2.25. The number of sulfone groups is 1. The van der Waals surface area contributed by atoms with Gasteiger partial charge in [0.25, 0.3) is 5.91 Å². The van der Waals surface area contributed by atoms with Crippen LogP contribution < -0.4 is 4.90 Å². The van der Waals surface area contributed by atoms with Crippen molar-refractivity contribution in [3.63, 3.8) is 0 Å². The Labute approximate surface area is 147 Å². The lowest BCUT2D eigenvalue weighted by molar-refractivity contribution is 0.0992. The molecular formula is C16H14BrF2NO3S. The molecule has 0 radical (unpaired) electrons. The van der Waals surface area contributed by atoms with Gasteiger partial charge in [0.1, 0.15) is 0 Å². The molecule has 0 aliphatic rings. The van der Waals surface area contributed by atoms with Crippen LogP contribution in [0.2, 0.25) is 0 Å². The third kappa shape index (κ3) is 3.64. The highest BCUT2D eigenvalue weighted by atomic mass is 79.9. The van der Waals surface area contributed by atoms with Crippen LogP contribution in [0.25, 0.3) is 0 Å². The normalized spacial score (nSPS) is 11.6. The van der Waals surface area contributed by atoms with E-state index in [1.54, 1.807) is 19.2 Å². The summed E-state index contributed by atoms with van der Waals surface area (Å²) in [5.74, 6) is -3.87. The molecule has 1 amide bonds. The SMILES string of the molecule is Cc1cc(Br)ccc1N(C)C(=O)c1ccc(S(=O)(=O)C(F)F)cc1. The second kappa shape index (κ2) is 6.98. The Balaban J connectivity index is 2.30. The van der Waals surface area contributed by atoms with Crippen molar-refractivity contribution >= 4 is 37.4 Å². The summed E-state index contributed by atoms with van der Waals surface area (Å²) >= 11 is 3.34. The van der Waals surface area contributed by atoms with Crippen molar-refractivity contribution in [3.8, 4) is 0 Å². The molecule has 0 heterocycles. The molecule has 0 bridgehead atoms. The van der Waals surface area contributed by atoms with E-state index < -0.39 is 20.5 Å². The van der Waals surface area contributed by atoms with Gasteiger partial charge in [-0.1, -0.05) is 15.9 Å². The van der Waals surface area contributed by atoms with Crippen LogP contribution in [-0.2, 0) is 9.84 Å². The van der Waals surface area contributed by atoms with Gasteiger partial charge in [0, 0.05) is 22.8 Å². The molecule has 0 aliphatic carbocycles. The first kappa shape index (κ1) is 18.5. The number of amides is 1. The van der Waals surface area contributed by atoms with Crippen LogP contribution in [0.3, 0.4) is 0 Å². The van der Waals surface area contributed by atoms with E-state index in [0.717, 1.165) is 22.2 Å². The van der Waals surface area contributed by atoms with Crippen molar-refractivity contribution < 1.29 is 22.0 Å². The first-order valence-corrected chi connectivity index (χ1v) is 9.15. The van der Waals surface area contributed by atoms with Crippen molar-refractivity contribution in [2.45, 2.75) is 17.6 Å². The monoisotopic (exact) mass is 417 g/mol. The molecule has 0 saturated carbocycles. The molecule has 24 heavy (non-hydrogen) atoms. The summed E-state index contributed by atoms with van der Waals surface area (Å²) in [7, 11) is -3.08. The molecule has 0 saturated heterocycles. The highest BCUT2D eigenvalue weighted by Gasteiger charge is 2.26. The lowest BCUT2D eigenvalue weighted by atomic mass is 10.1. The van der Waals surface area contributed by atoms with Crippen LogP contribution in [0.15, 0.2) is 51.8 Å². The Kier molecular flexibility index (Phi) is 5.39. The largest absolute Gasteiger partial charge is 0.341 e. The van der Waals surface area contributed by atoms with Crippen molar-refractivity contribution in [2.75, 3.05) is 11.9 Å². The van der Waals surface area contributed by atoms with Gasteiger partial charge in [-0.05, 0) is 55.0 Å². The molecule has 2 aromatic rings. The standard InChI is InChI=1S/C16H14BrF2NO3S/c1-10-9-12(17)5-8-14(10)20(2)15(21)11-3-6-13(7-4-11)24(22,23)16(18)19/h3-9,16H,1-2H3. The van der Waals surface area contributed by atoms with Gasteiger partial charge in [0.05, 0.1) is 4.90 Å². The molecule has 0 fully saturated rings. The average molecular weight is 418 g/mol. The number of halogens is 3. The van der Waals surface area contributed by atoms with Gasteiger partial charge in [-0.2, -0.15) is 8.78 Å². The molecule has 4 nitrogen and oxygen atoms in total. The zero-order valence-electron chi connectivity index (χ0n) is 12.8. The first-order chi connectivity index (χ1) is 11.1. The lowest BCUT2D eigenvalue weighted by Crippen LogP contribution is -2.27. The third-order valence-corrected chi connectivity index (χ3v) is 5.38. The van der Waals surface area contributed by atoms with E-state index in [9.17, 15) is 22.0 Å². The van der Waals surface area contributed by atoms with Crippen molar-refractivity contribution in [1.29, 1.82) is 0 Å². The summed E-state index contributed by atoms with van der Waals surface area (Å²) in [6.07, 6.45) is 0. The summed E-state index contributed by atoms with van der Waals surface area (Å²) in [5, 5.41) is 0. The maximum absolute atomic E-state index is 12.5. The van der Waals surface area contributed by atoms with Gasteiger partial charge in [-0.3, -0.25) is 4.79 Å². The predicted molar refractivity (Wildman–Crippen MR) is 91.2 cm³/mol. The fraction of sp³-hybridized carbons (Fsp3) is 0.188. The number of aryl methyl sites for hydroxylation is 1. The number of carbonyl (C=O) groups excluding carboxylic acids is 1. The number of carbonyl (C=O) groups is 1. The Morgan fingerprint density at radius 3 is 2.21 bits per heavy atom. The van der Waals surface area contributed by atoms with Gasteiger partial charge in [-0.15, -0.1) is 0 Å². The fourth-order valence-electron chi connectivity index (χ4n) is 2.19. The van der Waals surface area contributed by atoms with Crippen LogP contribution in [-0.4, -0.2) is 27.1 Å². The van der Waals surface area contributed by atoms with Gasteiger partial charge in [0.15, 0.2) is 0 Å². The maximum atomic E-state index is 12.5. The van der Waals surface area contributed by atoms with Crippen molar-refractivity contribution in [3.05, 3.63) is 58.1 Å². The molecule has 0 atom stereocenters. The molecule has 2 rings (SSSR count). The number of benzene rings is 2. The molecule has 2 aromatic carbocycles. The molecule has 128 valence electrons. The molecular weight excluding hydrogens is 404 g/mol. The Morgan fingerprint density at radius 1 is 1.12 bits per heavy atom. The van der Waals surface area contributed by atoms with E-state index >= 15 is 0 Å². The minimum absolute atomic E-state index is 0.202. The zero-order chi connectivity index (χ0) is 18.1. The second-order valence-electron chi connectivity index (χ2n) is 5.13. The van der Waals surface area contributed by atoms with E-state index in [2.05, 4.69) is 15.9 Å². The Morgan fingerprint density at radius 2 is 1.71 bits per heavy atom. The van der Waals surface area contributed by atoms with E-state index in [1.807, 2.05) is 13.0 Å². The molecule has 0 spiro atoms. The van der Waals surface area contributed by atoms with Gasteiger partial charge in [-0.25, -0.2) is 8.42 Å². The second-order valence-corrected chi connectivity index (χ2v) is 7.96. The van der Waals surface area contributed by atoms with E-state index in [4.69, 9.17) is 0 Å². The van der Waals surface area contributed by atoms with Gasteiger partial charge >= 0.3 is 5.76 Å². The third-order valence-electron chi connectivity index (χ3n) is 3.49. The maximum Gasteiger partial charge on any atom is 0.341 e. The average Bonchev–Trinajstić information content (AvgIpc) is 2.53. The minimum Gasteiger partial charge on any atom is -0.311 e. The van der Waals surface area contributed by atoms with E-state index in [0.29, 0.717) is 5.69 Å². The van der Waals surface area contributed by atoms with E-state index in [-0.39, 0.29) is 11.5 Å². The van der Waals surface area contributed by atoms with Crippen LogP contribution in [0, 0.1) is 6.92 Å². The van der Waals surface area contributed by atoms with Gasteiger partial charge in [0.2, 0.25) is 9.84 Å². The molecule has 0 N–H and O–H groups in total. The summed E-state index contributed by atoms with van der Waals surface area (Å²) in [6.45, 7) is 1.85. The van der Waals surface area contributed by atoms with Crippen LogP contribution >= 0.6 is 15.9 Å². The number of hydrogen-bond acceptors (Lipinski definition) is 3. The number of nitrogens with zero attached hydrogens (tertiary/aromatic N) is 1. The quantitative estimate of drug-likeness (QED) is 0.754. The van der Waals surface area contributed by atoms with Crippen LogP contribution in [0.4, 0.5) is 14.5 Å². The molecule has 8 heteroatoms. The van der Waals surface area contributed by atoms with Crippen molar-refractivity contribution in [2.24, 2.45) is 0 Å². The van der Waals surface area contributed by atoms with Crippen LogP contribution in [0.1, 0.15) is 15.9 Å². The first-order valence-electron chi connectivity index (χ1n) is 6.81. The topological polar surface area (TPSA) is 54.5 Å². The number of rotatable bonds is 4. The molecule has 0 aromatic heterocycles. The Hall–Kier alpha value is -1.80. The predicted octanol–water partition coefficient (Wildman–Crippen LogP) is 4.03. The summed E-state index contributed by atoms with van der Waals surface area (Å²) < 4.78 is 48.7. The number of alkyl halides is 2. The fourth-order valence-corrected chi connectivity index (χ4v) is 3.39.